The quantitative estimate of drug-likeness (QED) is 0.865. The van der Waals surface area contributed by atoms with E-state index in [1.165, 1.54) is 6.92 Å². The molecule has 0 aromatic carbocycles. The van der Waals surface area contributed by atoms with Gasteiger partial charge in [0, 0.05) is 27.1 Å². The number of nitrogens with one attached hydrogen (secondary N) is 1. The Kier molecular flexibility index (Phi) is 6.24. The van der Waals surface area contributed by atoms with E-state index < -0.39 is 5.54 Å². The van der Waals surface area contributed by atoms with Crippen molar-refractivity contribution in [1.29, 1.82) is 0 Å². The molecule has 0 aromatic rings. The first-order valence-corrected chi connectivity index (χ1v) is 8.64. The zero-order valence-electron chi connectivity index (χ0n) is 14.0. The van der Waals surface area contributed by atoms with Crippen molar-refractivity contribution in [3.05, 3.63) is 0 Å². The number of hydrogen-bond acceptors (Lipinski definition) is 3. The zero-order valence-corrected chi connectivity index (χ0v) is 14.0. The van der Waals surface area contributed by atoms with Gasteiger partial charge in [0.05, 0.1) is 6.61 Å². The van der Waals surface area contributed by atoms with Gasteiger partial charge >= 0.3 is 0 Å². The number of carbonyl (C=O) groups is 2. The molecule has 1 saturated carbocycles. The summed E-state index contributed by atoms with van der Waals surface area (Å²) in [6.45, 7) is 3.78. The Hall–Kier alpha value is -1.10. The molecular weight excluding hydrogens is 280 g/mol. The highest BCUT2D eigenvalue weighted by Crippen LogP contribution is 2.31. The third-order valence-corrected chi connectivity index (χ3v) is 4.99. The first-order chi connectivity index (χ1) is 10.6. The summed E-state index contributed by atoms with van der Waals surface area (Å²) in [4.78, 5) is 26.8. The second-order valence-electron chi connectivity index (χ2n) is 6.89. The molecule has 1 atom stereocenters. The van der Waals surface area contributed by atoms with Gasteiger partial charge in [0.1, 0.15) is 5.54 Å². The lowest BCUT2D eigenvalue weighted by Gasteiger charge is -2.40. The second-order valence-corrected chi connectivity index (χ2v) is 6.89. The molecule has 0 aromatic heterocycles. The van der Waals surface area contributed by atoms with Gasteiger partial charge in [-0.05, 0) is 31.6 Å². The fraction of sp³-hybridized carbons (Fsp3) is 0.882. The standard InChI is InChI=1S/C17H30N2O3/c1-14(20)18-17(9-5-3-6-10-17)16(21)19-11-7-4-8-15(12-19)13-22-2/h15H,3-13H2,1-2H3,(H,18,20). The fourth-order valence-electron chi connectivity index (χ4n) is 3.97. The summed E-state index contributed by atoms with van der Waals surface area (Å²) in [5.41, 5.74) is -0.661. The molecule has 0 spiro atoms. The van der Waals surface area contributed by atoms with E-state index in [9.17, 15) is 9.59 Å². The van der Waals surface area contributed by atoms with Crippen LogP contribution in [0.4, 0.5) is 0 Å². The number of carbonyl (C=O) groups excluding carboxylic acids is 2. The van der Waals surface area contributed by atoms with Crippen LogP contribution < -0.4 is 5.32 Å². The van der Waals surface area contributed by atoms with Gasteiger partial charge in [-0.25, -0.2) is 0 Å². The molecule has 2 rings (SSSR count). The lowest BCUT2D eigenvalue weighted by atomic mass is 9.80. The smallest absolute Gasteiger partial charge is 0.248 e. The highest BCUT2D eigenvalue weighted by atomic mass is 16.5. The highest BCUT2D eigenvalue weighted by Gasteiger charge is 2.43. The Labute approximate surface area is 133 Å². The summed E-state index contributed by atoms with van der Waals surface area (Å²) in [5, 5.41) is 3.00. The summed E-state index contributed by atoms with van der Waals surface area (Å²) in [6, 6.07) is 0. The highest BCUT2D eigenvalue weighted by molar-refractivity contribution is 5.91. The molecule has 1 unspecified atom stereocenters. The third kappa shape index (κ3) is 4.22. The van der Waals surface area contributed by atoms with Crippen molar-refractivity contribution in [2.24, 2.45) is 5.92 Å². The minimum Gasteiger partial charge on any atom is -0.384 e. The van der Waals surface area contributed by atoms with Gasteiger partial charge in [0.2, 0.25) is 11.8 Å². The molecule has 1 saturated heterocycles. The molecule has 22 heavy (non-hydrogen) atoms. The van der Waals surface area contributed by atoms with Crippen molar-refractivity contribution in [1.82, 2.24) is 10.2 Å². The normalized spacial score (nSPS) is 25.4. The molecule has 2 amide bonds. The largest absolute Gasteiger partial charge is 0.384 e. The van der Waals surface area contributed by atoms with Gasteiger partial charge in [0.15, 0.2) is 0 Å². The average Bonchev–Trinajstić information content (AvgIpc) is 2.73. The molecule has 1 heterocycles. The van der Waals surface area contributed by atoms with Crippen molar-refractivity contribution in [3.63, 3.8) is 0 Å². The van der Waals surface area contributed by atoms with Gasteiger partial charge in [-0.2, -0.15) is 0 Å². The minimum atomic E-state index is -0.661. The van der Waals surface area contributed by atoms with E-state index in [0.717, 1.165) is 64.5 Å². The predicted molar refractivity (Wildman–Crippen MR) is 85.4 cm³/mol. The lowest BCUT2D eigenvalue weighted by molar-refractivity contribution is -0.143. The number of amides is 2. The topological polar surface area (TPSA) is 58.6 Å². The number of likely N-dealkylation sites (tertiary alicyclic amines) is 1. The van der Waals surface area contributed by atoms with E-state index in [-0.39, 0.29) is 11.8 Å². The van der Waals surface area contributed by atoms with Gasteiger partial charge in [-0.15, -0.1) is 0 Å². The molecule has 2 aliphatic rings. The van der Waals surface area contributed by atoms with Crippen molar-refractivity contribution >= 4 is 11.8 Å². The maximum Gasteiger partial charge on any atom is 0.248 e. The van der Waals surface area contributed by atoms with Crippen LogP contribution in [-0.4, -0.2) is 49.1 Å². The van der Waals surface area contributed by atoms with E-state index in [0.29, 0.717) is 12.5 Å². The molecule has 1 aliphatic carbocycles. The molecule has 1 N–H and O–H groups in total. The molecule has 5 nitrogen and oxygen atoms in total. The Balaban J connectivity index is 2.12. The Morgan fingerprint density at radius 3 is 2.55 bits per heavy atom. The van der Waals surface area contributed by atoms with E-state index in [1.807, 2.05) is 4.90 Å². The number of rotatable bonds is 4. The molecule has 126 valence electrons. The minimum absolute atomic E-state index is 0.0986. The van der Waals surface area contributed by atoms with Crippen LogP contribution >= 0.6 is 0 Å². The molecular formula is C17H30N2O3. The van der Waals surface area contributed by atoms with E-state index in [1.54, 1.807) is 7.11 Å². The Morgan fingerprint density at radius 1 is 1.18 bits per heavy atom. The van der Waals surface area contributed by atoms with Crippen LogP contribution in [0.2, 0.25) is 0 Å². The van der Waals surface area contributed by atoms with Crippen molar-refractivity contribution in [2.45, 2.75) is 63.8 Å². The number of ether oxygens (including phenoxy) is 1. The van der Waals surface area contributed by atoms with Gasteiger partial charge in [-0.3, -0.25) is 9.59 Å². The van der Waals surface area contributed by atoms with E-state index in [2.05, 4.69) is 5.32 Å². The monoisotopic (exact) mass is 310 g/mol. The average molecular weight is 310 g/mol. The summed E-state index contributed by atoms with van der Waals surface area (Å²) in [7, 11) is 1.72. The molecule has 2 fully saturated rings. The molecule has 0 radical (unpaired) electrons. The molecule has 1 aliphatic heterocycles. The van der Waals surface area contributed by atoms with Crippen LogP contribution in [0.25, 0.3) is 0 Å². The number of methoxy groups -OCH3 is 1. The van der Waals surface area contributed by atoms with E-state index in [4.69, 9.17) is 4.74 Å². The Bertz CT molecular complexity index is 391. The van der Waals surface area contributed by atoms with Crippen LogP contribution in [0.1, 0.15) is 58.3 Å². The summed E-state index contributed by atoms with van der Waals surface area (Å²) in [6.07, 6.45) is 8.04. The molecule has 0 bridgehead atoms. The maximum atomic E-state index is 13.2. The molecule has 5 heteroatoms. The van der Waals surface area contributed by atoms with Crippen molar-refractivity contribution in [3.8, 4) is 0 Å². The van der Waals surface area contributed by atoms with Crippen LogP contribution in [0.5, 0.6) is 0 Å². The van der Waals surface area contributed by atoms with Gasteiger partial charge in [0.25, 0.3) is 0 Å². The lowest BCUT2D eigenvalue weighted by Crippen LogP contribution is -2.60. The van der Waals surface area contributed by atoms with Gasteiger partial charge < -0.3 is 15.0 Å². The summed E-state index contributed by atoms with van der Waals surface area (Å²) < 4.78 is 5.29. The van der Waals surface area contributed by atoms with Crippen LogP contribution in [0, 0.1) is 5.92 Å². The van der Waals surface area contributed by atoms with Crippen LogP contribution in [0.15, 0.2) is 0 Å². The van der Waals surface area contributed by atoms with Gasteiger partial charge in [-0.1, -0.05) is 25.7 Å². The fourth-order valence-corrected chi connectivity index (χ4v) is 3.97. The number of hydrogen-bond donors (Lipinski definition) is 1. The maximum absolute atomic E-state index is 13.2. The first kappa shape index (κ1) is 17.3. The Morgan fingerprint density at radius 2 is 1.91 bits per heavy atom. The first-order valence-electron chi connectivity index (χ1n) is 8.64. The second kappa shape index (κ2) is 7.95. The van der Waals surface area contributed by atoms with Crippen LogP contribution in [0.3, 0.4) is 0 Å². The zero-order chi connectivity index (χ0) is 16.0. The van der Waals surface area contributed by atoms with Crippen molar-refractivity contribution in [2.75, 3.05) is 26.8 Å². The SMILES string of the molecule is COCC1CCCCN(C(=O)C2(NC(C)=O)CCCCC2)C1. The predicted octanol–water partition coefficient (Wildman–Crippen LogP) is 2.10. The third-order valence-electron chi connectivity index (χ3n) is 4.99. The summed E-state index contributed by atoms with van der Waals surface area (Å²) in [5.74, 6) is 0.443. The summed E-state index contributed by atoms with van der Waals surface area (Å²) >= 11 is 0. The van der Waals surface area contributed by atoms with Crippen molar-refractivity contribution < 1.29 is 14.3 Å². The van der Waals surface area contributed by atoms with E-state index >= 15 is 0 Å². The number of nitrogens with zero attached hydrogens (tertiary/aromatic N) is 1. The van der Waals surface area contributed by atoms with Crippen LogP contribution in [-0.2, 0) is 14.3 Å².